The monoisotopic (exact) mass is 234 g/mol. The fraction of sp³-hybridized carbons (Fsp3) is 0.700. The van der Waals surface area contributed by atoms with Crippen molar-refractivity contribution in [3.8, 4) is 12.3 Å². The molecular formula is C10H16F2N2O2. The molecule has 1 unspecified atom stereocenters. The summed E-state index contributed by atoms with van der Waals surface area (Å²) in [5.74, 6) is 2.04. The van der Waals surface area contributed by atoms with Crippen LogP contribution in [0.25, 0.3) is 0 Å². The van der Waals surface area contributed by atoms with Gasteiger partial charge in [0.15, 0.2) is 0 Å². The average Bonchev–Trinajstić information content (AvgIpc) is 2.24. The predicted octanol–water partition coefficient (Wildman–Crippen LogP) is -0.00440. The van der Waals surface area contributed by atoms with Gasteiger partial charge in [0.25, 0.3) is 6.43 Å². The molecule has 92 valence electrons. The van der Waals surface area contributed by atoms with Gasteiger partial charge in [-0.3, -0.25) is 4.79 Å². The van der Waals surface area contributed by atoms with Gasteiger partial charge < -0.3 is 15.4 Å². The SMILES string of the molecule is C#CCNC(=O)C(C)NCCOCC(F)F. The van der Waals surface area contributed by atoms with Crippen LogP contribution in [0.1, 0.15) is 6.92 Å². The number of rotatable bonds is 8. The van der Waals surface area contributed by atoms with Crippen molar-refractivity contribution >= 4 is 5.91 Å². The number of carbonyl (C=O) groups is 1. The van der Waals surface area contributed by atoms with Gasteiger partial charge in [-0.15, -0.1) is 6.42 Å². The summed E-state index contributed by atoms with van der Waals surface area (Å²) in [6.07, 6.45) is 2.51. The molecule has 0 heterocycles. The number of nitrogens with one attached hydrogen (secondary N) is 2. The highest BCUT2D eigenvalue weighted by molar-refractivity contribution is 5.81. The van der Waals surface area contributed by atoms with E-state index in [-0.39, 0.29) is 19.1 Å². The number of ether oxygens (including phenoxy) is 1. The van der Waals surface area contributed by atoms with Crippen LogP contribution in [0.3, 0.4) is 0 Å². The van der Waals surface area contributed by atoms with Crippen LogP contribution in [0.2, 0.25) is 0 Å². The van der Waals surface area contributed by atoms with Crippen molar-refractivity contribution in [1.29, 1.82) is 0 Å². The number of hydrogen-bond acceptors (Lipinski definition) is 3. The highest BCUT2D eigenvalue weighted by Crippen LogP contribution is 1.91. The summed E-state index contributed by atoms with van der Waals surface area (Å²) in [5, 5.41) is 5.31. The van der Waals surface area contributed by atoms with Gasteiger partial charge in [-0.1, -0.05) is 5.92 Å². The molecule has 0 fully saturated rings. The molecule has 0 rings (SSSR count). The standard InChI is InChI=1S/C10H16F2N2O2/c1-3-4-14-10(15)8(2)13-5-6-16-7-9(11)12/h1,8-9,13H,4-7H2,2H3,(H,14,15). The number of amides is 1. The van der Waals surface area contributed by atoms with E-state index < -0.39 is 19.1 Å². The molecule has 0 aliphatic carbocycles. The van der Waals surface area contributed by atoms with Crippen molar-refractivity contribution in [2.45, 2.75) is 19.4 Å². The number of alkyl halides is 2. The Morgan fingerprint density at radius 3 is 2.81 bits per heavy atom. The lowest BCUT2D eigenvalue weighted by Gasteiger charge is -2.12. The van der Waals surface area contributed by atoms with Crippen molar-refractivity contribution in [3.05, 3.63) is 0 Å². The molecule has 0 radical (unpaired) electrons. The third-order valence-corrected chi connectivity index (χ3v) is 1.70. The second-order valence-electron chi connectivity index (χ2n) is 3.06. The van der Waals surface area contributed by atoms with Gasteiger partial charge in [0.1, 0.15) is 6.61 Å². The normalized spacial score (nSPS) is 12.2. The fourth-order valence-corrected chi connectivity index (χ4v) is 0.904. The molecule has 0 aromatic carbocycles. The predicted molar refractivity (Wildman–Crippen MR) is 56.1 cm³/mol. The van der Waals surface area contributed by atoms with Gasteiger partial charge in [0, 0.05) is 6.54 Å². The highest BCUT2D eigenvalue weighted by Gasteiger charge is 2.10. The average molecular weight is 234 g/mol. The van der Waals surface area contributed by atoms with E-state index in [4.69, 9.17) is 6.42 Å². The molecule has 0 saturated heterocycles. The quantitative estimate of drug-likeness (QED) is 0.459. The summed E-state index contributed by atoms with van der Waals surface area (Å²) in [6, 6.07) is -0.427. The summed E-state index contributed by atoms with van der Waals surface area (Å²) in [5.41, 5.74) is 0. The van der Waals surface area contributed by atoms with E-state index in [9.17, 15) is 13.6 Å². The maximum atomic E-state index is 11.7. The summed E-state index contributed by atoms with van der Waals surface area (Å²) in [6.45, 7) is 1.71. The van der Waals surface area contributed by atoms with Crippen LogP contribution in [0.15, 0.2) is 0 Å². The van der Waals surface area contributed by atoms with E-state index in [1.807, 2.05) is 0 Å². The highest BCUT2D eigenvalue weighted by atomic mass is 19.3. The first kappa shape index (κ1) is 14.8. The van der Waals surface area contributed by atoms with Crippen molar-refractivity contribution in [1.82, 2.24) is 10.6 Å². The molecule has 1 amide bonds. The number of terminal acetylenes is 1. The maximum absolute atomic E-state index is 11.7. The van der Waals surface area contributed by atoms with E-state index in [0.717, 1.165) is 0 Å². The molecule has 2 N–H and O–H groups in total. The fourth-order valence-electron chi connectivity index (χ4n) is 0.904. The van der Waals surface area contributed by atoms with Gasteiger partial charge in [0.2, 0.25) is 5.91 Å². The second-order valence-corrected chi connectivity index (χ2v) is 3.06. The first-order chi connectivity index (χ1) is 7.57. The van der Waals surface area contributed by atoms with E-state index in [1.165, 1.54) is 0 Å². The van der Waals surface area contributed by atoms with Gasteiger partial charge in [-0.2, -0.15) is 0 Å². The largest absolute Gasteiger partial charge is 0.374 e. The molecule has 0 saturated carbocycles. The zero-order chi connectivity index (χ0) is 12.4. The molecule has 0 aliphatic heterocycles. The van der Waals surface area contributed by atoms with Crippen LogP contribution in [-0.4, -0.2) is 44.7 Å². The molecule has 0 spiro atoms. The zero-order valence-electron chi connectivity index (χ0n) is 9.13. The van der Waals surface area contributed by atoms with Crippen molar-refractivity contribution in [3.63, 3.8) is 0 Å². The topological polar surface area (TPSA) is 50.4 Å². The van der Waals surface area contributed by atoms with Gasteiger partial charge in [0.05, 0.1) is 19.2 Å². The van der Waals surface area contributed by atoms with Crippen LogP contribution in [-0.2, 0) is 9.53 Å². The zero-order valence-corrected chi connectivity index (χ0v) is 9.13. The third kappa shape index (κ3) is 8.15. The van der Waals surface area contributed by atoms with E-state index in [0.29, 0.717) is 6.54 Å². The molecule has 6 heteroatoms. The minimum atomic E-state index is -2.46. The first-order valence-electron chi connectivity index (χ1n) is 4.88. The van der Waals surface area contributed by atoms with Crippen LogP contribution < -0.4 is 10.6 Å². The molecule has 0 aliphatic rings. The Labute approximate surface area is 93.7 Å². The summed E-state index contributed by atoms with van der Waals surface area (Å²) in [7, 11) is 0. The molecule has 1 atom stereocenters. The lowest BCUT2D eigenvalue weighted by atomic mass is 10.3. The van der Waals surface area contributed by atoms with Gasteiger partial charge in [-0.05, 0) is 6.92 Å². The Hall–Kier alpha value is -1.19. The van der Waals surface area contributed by atoms with Crippen molar-refractivity contribution < 1.29 is 18.3 Å². The second kappa shape index (κ2) is 9.07. The molecule has 0 aromatic rings. The Morgan fingerprint density at radius 1 is 1.56 bits per heavy atom. The van der Waals surface area contributed by atoms with Crippen molar-refractivity contribution in [2.24, 2.45) is 0 Å². The summed E-state index contributed by atoms with van der Waals surface area (Å²) >= 11 is 0. The molecule has 16 heavy (non-hydrogen) atoms. The minimum Gasteiger partial charge on any atom is -0.374 e. The van der Waals surface area contributed by atoms with Gasteiger partial charge >= 0.3 is 0 Å². The minimum absolute atomic E-state index is 0.136. The van der Waals surface area contributed by atoms with Crippen LogP contribution >= 0.6 is 0 Å². The Kier molecular flexibility index (Phi) is 8.39. The number of carbonyl (C=O) groups excluding carboxylic acids is 1. The molecule has 0 bridgehead atoms. The third-order valence-electron chi connectivity index (χ3n) is 1.70. The summed E-state index contributed by atoms with van der Waals surface area (Å²) in [4.78, 5) is 11.2. The van der Waals surface area contributed by atoms with E-state index in [2.05, 4.69) is 21.3 Å². The Balaban J connectivity index is 3.46. The Bertz CT molecular complexity index is 241. The number of hydrogen-bond donors (Lipinski definition) is 2. The Morgan fingerprint density at radius 2 is 2.25 bits per heavy atom. The number of halogens is 2. The lowest BCUT2D eigenvalue weighted by molar-refractivity contribution is -0.122. The lowest BCUT2D eigenvalue weighted by Crippen LogP contribution is -2.43. The van der Waals surface area contributed by atoms with Crippen LogP contribution in [0, 0.1) is 12.3 Å². The maximum Gasteiger partial charge on any atom is 0.261 e. The van der Waals surface area contributed by atoms with Crippen LogP contribution in [0.5, 0.6) is 0 Å². The molecule has 0 aromatic heterocycles. The molecular weight excluding hydrogens is 218 g/mol. The first-order valence-corrected chi connectivity index (χ1v) is 4.88. The van der Waals surface area contributed by atoms with Crippen molar-refractivity contribution in [2.75, 3.05) is 26.3 Å². The van der Waals surface area contributed by atoms with Crippen LogP contribution in [0.4, 0.5) is 8.78 Å². The molecule has 4 nitrogen and oxygen atoms in total. The van der Waals surface area contributed by atoms with E-state index in [1.54, 1.807) is 6.92 Å². The smallest absolute Gasteiger partial charge is 0.261 e. The summed E-state index contributed by atoms with van der Waals surface area (Å²) < 4.78 is 27.9. The van der Waals surface area contributed by atoms with E-state index >= 15 is 0 Å². The van der Waals surface area contributed by atoms with Gasteiger partial charge in [-0.25, -0.2) is 8.78 Å².